The highest BCUT2D eigenvalue weighted by molar-refractivity contribution is 5.97. The lowest BCUT2D eigenvalue weighted by molar-refractivity contribution is 0.0759. The van der Waals surface area contributed by atoms with E-state index >= 15 is 0 Å². The molecule has 10 heteroatoms. The normalized spacial score (nSPS) is 16.0. The van der Waals surface area contributed by atoms with Crippen LogP contribution in [0.2, 0.25) is 0 Å². The maximum absolute atomic E-state index is 13.0. The highest BCUT2D eigenvalue weighted by Gasteiger charge is 2.28. The number of furan rings is 1. The van der Waals surface area contributed by atoms with Crippen molar-refractivity contribution >= 4 is 34.6 Å². The topological polar surface area (TPSA) is 112 Å². The number of hydrogen-bond donors (Lipinski definition) is 2. The quantitative estimate of drug-likeness (QED) is 0.418. The fourth-order valence-corrected chi connectivity index (χ4v) is 4.29. The average molecular weight is 474 g/mol. The van der Waals surface area contributed by atoms with E-state index in [0.29, 0.717) is 60.9 Å². The Morgan fingerprint density at radius 1 is 1.17 bits per heavy atom. The molecular weight excluding hydrogens is 446 g/mol. The third kappa shape index (κ3) is 4.57. The summed E-state index contributed by atoms with van der Waals surface area (Å²) >= 11 is 0. The van der Waals surface area contributed by atoms with Crippen molar-refractivity contribution in [2.24, 2.45) is 5.92 Å². The number of ether oxygens (including phenoxy) is 1. The van der Waals surface area contributed by atoms with Crippen molar-refractivity contribution in [1.82, 2.24) is 25.1 Å². The number of rotatable bonds is 7. The summed E-state index contributed by atoms with van der Waals surface area (Å²) in [4.78, 5) is 26.2. The number of carbonyl (C=O) groups excluding carboxylic acids is 1. The van der Waals surface area contributed by atoms with Gasteiger partial charge in [-0.25, -0.2) is 4.98 Å². The Labute approximate surface area is 202 Å². The zero-order valence-corrected chi connectivity index (χ0v) is 19.5. The van der Waals surface area contributed by atoms with Crippen molar-refractivity contribution in [1.29, 1.82) is 0 Å². The van der Waals surface area contributed by atoms with Crippen molar-refractivity contribution in [3.05, 3.63) is 48.2 Å². The fraction of sp³-hybridized carbons (Fsp3) is 0.360. The Bertz CT molecular complexity index is 1340. The molecule has 2 fully saturated rings. The standard InChI is InChI=1S/C25H27N7O3/c1-31(15-16-7-8-16)24(33)20-13-19-22(35-20)23(32-9-11-34-12-10-32)28-25(26-19)27-21-14-18(29-30-21)17-5-3-2-4-6-17/h2-6,13-14,16H,7-12,15H2,1H3,(H2,26,27,28,29,30). The van der Waals surface area contributed by atoms with Crippen molar-refractivity contribution in [3.8, 4) is 11.3 Å². The van der Waals surface area contributed by atoms with E-state index in [1.54, 1.807) is 11.0 Å². The van der Waals surface area contributed by atoms with E-state index in [-0.39, 0.29) is 11.7 Å². The second-order valence-corrected chi connectivity index (χ2v) is 9.08. The first-order valence-electron chi connectivity index (χ1n) is 11.9. The molecule has 35 heavy (non-hydrogen) atoms. The Morgan fingerprint density at radius 3 is 2.74 bits per heavy atom. The third-order valence-electron chi connectivity index (χ3n) is 6.35. The van der Waals surface area contributed by atoms with Crippen LogP contribution in [0.25, 0.3) is 22.4 Å². The lowest BCUT2D eigenvalue weighted by Gasteiger charge is -2.27. The third-order valence-corrected chi connectivity index (χ3v) is 6.35. The number of aromatic amines is 1. The van der Waals surface area contributed by atoms with Gasteiger partial charge in [-0.2, -0.15) is 10.1 Å². The van der Waals surface area contributed by atoms with Crippen LogP contribution in [0.3, 0.4) is 0 Å². The number of amides is 1. The van der Waals surface area contributed by atoms with Crippen LogP contribution in [0.4, 0.5) is 17.6 Å². The van der Waals surface area contributed by atoms with E-state index < -0.39 is 0 Å². The molecule has 1 aliphatic heterocycles. The van der Waals surface area contributed by atoms with Gasteiger partial charge < -0.3 is 24.3 Å². The van der Waals surface area contributed by atoms with E-state index in [1.807, 2.05) is 43.4 Å². The molecule has 1 saturated carbocycles. The molecule has 1 aromatic carbocycles. The predicted octanol–water partition coefficient (Wildman–Crippen LogP) is 3.68. The van der Waals surface area contributed by atoms with Crippen LogP contribution < -0.4 is 10.2 Å². The Morgan fingerprint density at radius 2 is 1.97 bits per heavy atom. The minimum absolute atomic E-state index is 0.142. The van der Waals surface area contributed by atoms with Crippen LogP contribution in [0, 0.1) is 5.92 Å². The summed E-state index contributed by atoms with van der Waals surface area (Å²) in [5.41, 5.74) is 3.00. The number of hydrogen-bond acceptors (Lipinski definition) is 8. The molecule has 0 radical (unpaired) electrons. The minimum atomic E-state index is -0.142. The van der Waals surface area contributed by atoms with Crippen molar-refractivity contribution in [2.75, 3.05) is 50.1 Å². The van der Waals surface area contributed by atoms with Gasteiger partial charge in [-0.15, -0.1) is 0 Å². The van der Waals surface area contributed by atoms with Crippen LogP contribution in [0.1, 0.15) is 23.4 Å². The van der Waals surface area contributed by atoms with Crippen molar-refractivity contribution < 1.29 is 13.9 Å². The van der Waals surface area contributed by atoms with E-state index in [1.165, 1.54) is 12.8 Å². The summed E-state index contributed by atoms with van der Waals surface area (Å²) < 4.78 is 11.6. The van der Waals surface area contributed by atoms with Crippen LogP contribution in [0.15, 0.2) is 46.9 Å². The summed E-state index contributed by atoms with van der Waals surface area (Å²) in [5.74, 6) is 2.36. The summed E-state index contributed by atoms with van der Waals surface area (Å²) in [6.45, 7) is 3.30. The van der Waals surface area contributed by atoms with Gasteiger partial charge >= 0.3 is 0 Å². The van der Waals surface area contributed by atoms with Crippen LogP contribution in [-0.2, 0) is 4.74 Å². The van der Waals surface area contributed by atoms with Gasteiger partial charge in [-0.05, 0) is 24.3 Å². The molecule has 0 bridgehead atoms. The molecule has 4 aromatic rings. The van der Waals surface area contributed by atoms with Gasteiger partial charge in [0.2, 0.25) is 5.95 Å². The molecule has 0 atom stereocenters. The molecule has 6 rings (SSSR count). The molecule has 0 unspecified atom stereocenters. The Hall–Kier alpha value is -3.92. The molecular formula is C25H27N7O3. The maximum atomic E-state index is 13.0. The number of carbonyl (C=O) groups is 1. The predicted molar refractivity (Wildman–Crippen MR) is 132 cm³/mol. The zero-order valence-electron chi connectivity index (χ0n) is 19.5. The molecule has 2 N–H and O–H groups in total. The molecule has 1 saturated heterocycles. The minimum Gasteiger partial charge on any atom is -0.445 e. The number of aromatic nitrogens is 4. The number of nitrogens with zero attached hydrogens (tertiary/aromatic N) is 5. The second kappa shape index (κ2) is 9.03. The van der Waals surface area contributed by atoms with Crippen LogP contribution in [0.5, 0.6) is 0 Å². The summed E-state index contributed by atoms with van der Waals surface area (Å²) in [6, 6.07) is 13.6. The van der Waals surface area contributed by atoms with E-state index in [2.05, 4.69) is 25.4 Å². The highest BCUT2D eigenvalue weighted by Crippen LogP contribution is 2.32. The smallest absolute Gasteiger partial charge is 0.289 e. The maximum Gasteiger partial charge on any atom is 0.289 e. The molecule has 180 valence electrons. The van der Waals surface area contributed by atoms with Gasteiger partial charge in [0, 0.05) is 38.8 Å². The molecule has 1 amide bonds. The Balaban J connectivity index is 1.32. The van der Waals surface area contributed by atoms with Crippen LogP contribution >= 0.6 is 0 Å². The summed E-state index contributed by atoms with van der Waals surface area (Å²) in [7, 11) is 1.82. The van der Waals surface area contributed by atoms with Crippen molar-refractivity contribution in [2.45, 2.75) is 12.8 Å². The zero-order chi connectivity index (χ0) is 23.8. The molecule has 10 nitrogen and oxygen atoms in total. The summed E-state index contributed by atoms with van der Waals surface area (Å²) in [5, 5.41) is 10.6. The molecule has 4 heterocycles. The van der Waals surface area contributed by atoms with Crippen LogP contribution in [-0.4, -0.2) is 70.9 Å². The van der Waals surface area contributed by atoms with E-state index in [9.17, 15) is 4.79 Å². The lowest BCUT2D eigenvalue weighted by atomic mass is 10.2. The van der Waals surface area contributed by atoms with E-state index in [4.69, 9.17) is 14.1 Å². The number of fused-ring (bicyclic) bond motifs is 1. The lowest BCUT2D eigenvalue weighted by Crippen LogP contribution is -2.37. The Kier molecular flexibility index (Phi) is 5.57. The fourth-order valence-electron chi connectivity index (χ4n) is 4.29. The first-order chi connectivity index (χ1) is 17.1. The number of nitrogens with one attached hydrogen (secondary N) is 2. The number of benzene rings is 1. The molecule has 3 aromatic heterocycles. The number of H-pyrrole nitrogens is 1. The van der Waals surface area contributed by atoms with Crippen molar-refractivity contribution in [3.63, 3.8) is 0 Å². The monoisotopic (exact) mass is 473 g/mol. The number of morpholine rings is 1. The first kappa shape index (κ1) is 21.6. The average Bonchev–Trinajstić information content (AvgIpc) is 3.41. The molecule has 0 spiro atoms. The van der Waals surface area contributed by atoms with Gasteiger partial charge in [-0.3, -0.25) is 9.89 Å². The SMILES string of the molecule is CN(CC1CC1)C(=O)c1cc2nc(Nc3cc(-c4ccccc4)[nH]n3)nc(N3CCOCC3)c2o1. The van der Waals surface area contributed by atoms with E-state index in [0.717, 1.165) is 17.8 Å². The van der Waals surface area contributed by atoms with Gasteiger partial charge in [0.05, 0.1) is 18.9 Å². The number of anilines is 3. The van der Waals surface area contributed by atoms with Gasteiger partial charge in [-0.1, -0.05) is 30.3 Å². The van der Waals surface area contributed by atoms with Gasteiger partial charge in [0.25, 0.3) is 5.91 Å². The summed E-state index contributed by atoms with van der Waals surface area (Å²) in [6.07, 6.45) is 2.36. The molecule has 2 aliphatic rings. The highest BCUT2D eigenvalue weighted by atomic mass is 16.5. The van der Waals surface area contributed by atoms with Gasteiger partial charge in [0.15, 0.2) is 23.0 Å². The van der Waals surface area contributed by atoms with Gasteiger partial charge in [0.1, 0.15) is 5.52 Å². The largest absolute Gasteiger partial charge is 0.445 e. The second-order valence-electron chi connectivity index (χ2n) is 9.08. The first-order valence-corrected chi connectivity index (χ1v) is 11.9. The molecule has 1 aliphatic carbocycles.